The lowest BCUT2D eigenvalue weighted by molar-refractivity contribution is -0.119. The number of carbonyl (C=O) groups excluding carboxylic acids is 1. The lowest BCUT2D eigenvalue weighted by Gasteiger charge is -2.00. The molecule has 1 rings (SSSR count). The molecule has 0 atom stereocenters. The SMILES string of the molecule is Cc1ccc(CCNC(=O)CN)o1. The highest BCUT2D eigenvalue weighted by molar-refractivity contribution is 5.77. The van der Waals surface area contributed by atoms with E-state index in [1.54, 1.807) is 0 Å². The molecule has 0 unspecified atom stereocenters. The fraction of sp³-hybridized carbons (Fsp3) is 0.444. The number of aryl methyl sites for hydroxylation is 1. The second-order valence-electron chi connectivity index (χ2n) is 2.82. The zero-order chi connectivity index (χ0) is 9.68. The second kappa shape index (κ2) is 4.67. The first-order valence-electron chi connectivity index (χ1n) is 4.24. The van der Waals surface area contributed by atoms with Crippen molar-refractivity contribution in [3.8, 4) is 0 Å². The normalized spacial score (nSPS) is 10.0. The summed E-state index contributed by atoms with van der Waals surface area (Å²) in [5, 5.41) is 2.67. The fourth-order valence-electron chi connectivity index (χ4n) is 1.02. The molecule has 13 heavy (non-hydrogen) atoms. The van der Waals surface area contributed by atoms with E-state index in [1.165, 1.54) is 0 Å². The Hall–Kier alpha value is -1.29. The van der Waals surface area contributed by atoms with Crippen molar-refractivity contribution in [2.45, 2.75) is 13.3 Å². The van der Waals surface area contributed by atoms with Crippen molar-refractivity contribution in [1.82, 2.24) is 5.32 Å². The van der Waals surface area contributed by atoms with Crippen LogP contribution in [-0.4, -0.2) is 19.0 Å². The first kappa shape index (κ1) is 9.80. The van der Waals surface area contributed by atoms with E-state index in [2.05, 4.69) is 5.32 Å². The van der Waals surface area contributed by atoms with Gasteiger partial charge in [0.1, 0.15) is 11.5 Å². The van der Waals surface area contributed by atoms with Crippen LogP contribution in [0.2, 0.25) is 0 Å². The number of hydrogen-bond donors (Lipinski definition) is 2. The zero-order valence-corrected chi connectivity index (χ0v) is 7.67. The number of carbonyl (C=O) groups is 1. The maximum absolute atomic E-state index is 10.7. The van der Waals surface area contributed by atoms with E-state index < -0.39 is 0 Å². The van der Waals surface area contributed by atoms with Gasteiger partial charge in [0, 0.05) is 13.0 Å². The lowest BCUT2D eigenvalue weighted by Crippen LogP contribution is -2.31. The average molecular weight is 182 g/mol. The lowest BCUT2D eigenvalue weighted by atomic mass is 10.3. The molecular formula is C9H14N2O2. The van der Waals surface area contributed by atoms with Gasteiger partial charge in [0.2, 0.25) is 5.91 Å². The number of rotatable bonds is 4. The topological polar surface area (TPSA) is 68.3 Å². The molecule has 1 aromatic heterocycles. The third-order valence-electron chi connectivity index (χ3n) is 1.67. The molecule has 0 bridgehead atoms. The third kappa shape index (κ3) is 3.29. The molecule has 1 amide bonds. The van der Waals surface area contributed by atoms with Gasteiger partial charge in [-0.3, -0.25) is 4.79 Å². The van der Waals surface area contributed by atoms with Crippen molar-refractivity contribution in [2.24, 2.45) is 5.73 Å². The number of nitrogens with one attached hydrogen (secondary N) is 1. The largest absolute Gasteiger partial charge is 0.466 e. The smallest absolute Gasteiger partial charge is 0.233 e. The number of furan rings is 1. The van der Waals surface area contributed by atoms with Gasteiger partial charge in [-0.05, 0) is 19.1 Å². The summed E-state index contributed by atoms with van der Waals surface area (Å²) >= 11 is 0. The summed E-state index contributed by atoms with van der Waals surface area (Å²) in [6, 6.07) is 3.81. The van der Waals surface area contributed by atoms with Gasteiger partial charge in [-0.1, -0.05) is 0 Å². The summed E-state index contributed by atoms with van der Waals surface area (Å²) in [7, 11) is 0. The highest BCUT2D eigenvalue weighted by Crippen LogP contribution is 2.05. The van der Waals surface area contributed by atoms with E-state index in [9.17, 15) is 4.79 Å². The van der Waals surface area contributed by atoms with Crippen LogP contribution in [0.15, 0.2) is 16.5 Å². The Bertz CT molecular complexity index is 281. The zero-order valence-electron chi connectivity index (χ0n) is 7.67. The maximum atomic E-state index is 10.7. The summed E-state index contributed by atoms with van der Waals surface area (Å²) < 4.78 is 5.32. The Morgan fingerprint density at radius 3 is 2.92 bits per heavy atom. The Morgan fingerprint density at radius 1 is 1.62 bits per heavy atom. The van der Waals surface area contributed by atoms with Gasteiger partial charge in [-0.25, -0.2) is 0 Å². The van der Waals surface area contributed by atoms with Crippen LogP contribution >= 0.6 is 0 Å². The summed E-state index contributed by atoms with van der Waals surface area (Å²) in [6.07, 6.45) is 0.708. The molecule has 0 fully saturated rings. The molecule has 4 nitrogen and oxygen atoms in total. The Morgan fingerprint density at radius 2 is 2.38 bits per heavy atom. The van der Waals surface area contributed by atoms with Crippen LogP contribution < -0.4 is 11.1 Å². The summed E-state index contributed by atoms with van der Waals surface area (Å²) in [4.78, 5) is 10.7. The van der Waals surface area contributed by atoms with Crippen LogP contribution in [0.3, 0.4) is 0 Å². The Balaban J connectivity index is 2.24. The summed E-state index contributed by atoms with van der Waals surface area (Å²) in [5.74, 6) is 1.64. The van der Waals surface area contributed by atoms with E-state index in [0.717, 1.165) is 11.5 Å². The molecule has 3 N–H and O–H groups in total. The molecule has 0 aliphatic heterocycles. The fourth-order valence-corrected chi connectivity index (χ4v) is 1.02. The predicted octanol–water partition coefficient (Wildman–Crippen LogP) is 0.205. The van der Waals surface area contributed by atoms with E-state index in [4.69, 9.17) is 10.2 Å². The molecule has 1 aromatic rings. The maximum Gasteiger partial charge on any atom is 0.233 e. The Kier molecular flexibility index (Phi) is 3.52. The molecule has 0 aliphatic carbocycles. The molecular weight excluding hydrogens is 168 g/mol. The van der Waals surface area contributed by atoms with Gasteiger partial charge < -0.3 is 15.5 Å². The van der Waals surface area contributed by atoms with Gasteiger partial charge in [0.15, 0.2) is 0 Å². The summed E-state index contributed by atoms with van der Waals surface area (Å²) in [5.41, 5.74) is 5.12. The van der Waals surface area contributed by atoms with E-state index >= 15 is 0 Å². The molecule has 0 radical (unpaired) electrons. The van der Waals surface area contributed by atoms with Crippen molar-refractivity contribution < 1.29 is 9.21 Å². The molecule has 0 saturated carbocycles. The van der Waals surface area contributed by atoms with Crippen molar-refractivity contribution in [3.05, 3.63) is 23.7 Å². The van der Waals surface area contributed by atoms with Crippen LogP contribution in [0.5, 0.6) is 0 Å². The summed E-state index contributed by atoms with van der Waals surface area (Å²) in [6.45, 7) is 2.50. The van der Waals surface area contributed by atoms with Gasteiger partial charge in [0.25, 0.3) is 0 Å². The molecule has 0 spiro atoms. The average Bonchev–Trinajstić information content (AvgIpc) is 2.51. The predicted molar refractivity (Wildman–Crippen MR) is 49.2 cm³/mol. The van der Waals surface area contributed by atoms with Crippen LogP contribution in [0.4, 0.5) is 0 Å². The number of hydrogen-bond acceptors (Lipinski definition) is 3. The number of nitrogens with two attached hydrogens (primary N) is 1. The van der Waals surface area contributed by atoms with Crippen molar-refractivity contribution >= 4 is 5.91 Å². The van der Waals surface area contributed by atoms with Crippen LogP contribution in [0.1, 0.15) is 11.5 Å². The van der Waals surface area contributed by atoms with Gasteiger partial charge in [-0.15, -0.1) is 0 Å². The highest BCUT2D eigenvalue weighted by Gasteiger charge is 1.99. The monoisotopic (exact) mass is 182 g/mol. The van der Waals surface area contributed by atoms with E-state index in [-0.39, 0.29) is 12.5 Å². The molecule has 0 aromatic carbocycles. The van der Waals surface area contributed by atoms with Gasteiger partial charge in [0.05, 0.1) is 6.54 Å². The first-order valence-corrected chi connectivity index (χ1v) is 4.24. The molecule has 72 valence electrons. The Labute approximate surface area is 77.1 Å². The van der Waals surface area contributed by atoms with Crippen molar-refractivity contribution in [1.29, 1.82) is 0 Å². The first-order chi connectivity index (χ1) is 6.22. The molecule has 4 heteroatoms. The van der Waals surface area contributed by atoms with Crippen molar-refractivity contribution in [3.63, 3.8) is 0 Å². The minimum Gasteiger partial charge on any atom is -0.466 e. The molecule has 0 saturated heterocycles. The third-order valence-corrected chi connectivity index (χ3v) is 1.67. The van der Waals surface area contributed by atoms with Gasteiger partial charge >= 0.3 is 0 Å². The minimum atomic E-state index is -0.136. The standard InChI is InChI=1S/C9H14N2O2/c1-7-2-3-8(13-7)4-5-11-9(12)6-10/h2-3H,4-6,10H2,1H3,(H,11,12). The molecule has 1 heterocycles. The van der Waals surface area contributed by atoms with Crippen LogP contribution in [-0.2, 0) is 11.2 Å². The van der Waals surface area contributed by atoms with E-state index in [0.29, 0.717) is 13.0 Å². The van der Waals surface area contributed by atoms with Crippen LogP contribution in [0.25, 0.3) is 0 Å². The van der Waals surface area contributed by atoms with Crippen molar-refractivity contribution in [2.75, 3.05) is 13.1 Å². The number of amides is 1. The minimum absolute atomic E-state index is 0.0389. The van der Waals surface area contributed by atoms with E-state index in [1.807, 2.05) is 19.1 Å². The van der Waals surface area contributed by atoms with Gasteiger partial charge in [-0.2, -0.15) is 0 Å². The van der Waals surface area contributed by atoms with Crippen LogP contribution in [0, 0.1) is 6.92 Å². The molecule has 0 aliphatic rings. The quantitative estimate of drug-likeness (QED) is 0.699. The second-order valence-corrected chi connectivity index (χ2v) is 2.82. The highest BCUT2D eigenvalue weighted by atomic mass is 16.3.